The summed E-state index contributed by atoms with van der Waals surface area (Å²) in [7, 11) is 4.04. The van der Waals surface area contributed by atoms with Gasteiger partial charge in [-0.1, -0.05) is 30.3 Å². The molecule has 1 heterocycles. The Morgan fingerprint density at radius 1 is 1.15 bits per heavy atom. The largest absolute Gasteiger partial charge is 0.337 e. The Hall–Kier alpha value is -2.44. The number of hydrogen-bond donors (Lipinski definition) is 2. The molecule has 0 aliphatic carbocycles. The number of benzene rings is 2. The molecule has 142 valence electrons. The molecule has 1 aromatic heterocycles. The van der Waals surface area contributed by atoms with E-state index >= 15 is 0 Å². The third-order valence-electron chi connectivity index (χ3n) is 4.59. The number of thiophene rings is 1. The zero-order valence-corrected chi connectivity index (χ0v) is 16.4. The molecule has 0 aliphatic heterocycles. The Morgan fingerprint density at radius 3 is 2.74 bits per heavy atom. The smallest absolute Gasteiger partial charge is 0.315 e. The fourth-order valence-electron chi connectivity index (χ4n) is 2.98. The van der Waals surface area contributed by atoms with Crippen LogP contribution in [0.25, 0.3) is 10.1 Å². The molecule has 2 N–H and O–H groups in total. The summed E-state index contributed by atoms with van der Waals surface area (Å²) >= 11 is 1.75. The van der Waals surface area contributed by atoms with Crippen LogP contribution in [0.1, 0.15) is 11.1 Å². The van der Waals surface area contributed by atoms with E-state index in [-0.39, 0.29) is 17.9 Å². The number of carbonyl (C=O) groups is 1. The second-order valence-electron chi connectivity index (χ2n) is 6.77. The van der Waals surface area contributed by atoms with E-state index in [1.165, 1.54) is 27.8 Å². The number of urea groups is 1. The molecule has 0 fully saturated rings. The topological polar surface area (TPSA) is 44.4 Å². The van der Waals surface area contributed by atoms with Crippen LogP contribution in [0, 0.1) is 5.82 Å². The fourth-order valence-corrected chi connectivity index (χ4v) is 3.96. The van der Waals surface area contributed by atoms with E-state index in [0.29, 0.717) is 13.1 Å². The normalized spacial score (nSPS) is 12.3. The Labute approximate surface area is 163 Å². The minimum Gasteiger partial charge on any atom is -0.337 e. The second-order valence-corrected chi connectivity index (χ2v) is 7.68. The number of fused-ring (bicyclic) bond motifs is 1. The quantitative estimate of drug-likeness (QED) is 0.645. The van der Waals surface area contributed by atoms with Crippen LogP contribution in [-0.2, 0) is 13.0 Å². The van der Waals surface area contributed by atoms with E-state index in [9.17, 15) is 9.18 Å². The van der Waals surface area contributed by atoms with Crippen LogP contribution < -0.4 is 10.6 Å². The van der Waals surface area contributed by atoms with Crippen LogP contribution in [-0.4, -0.2) is 37.6 Å². The minimum absolute atomic E-state index is 0.183. The maximum absolute atomic E-state index is 13.2. The summed E-state index contributed by atoms with van der Waals surface area (Å²) < 4.78 is 14.5. The average Bonchev–Trinajstić information content (AvgIpc) is 3.06. The number of amides is 2. The lowest BCUT2D eigenvalue weighted by Crippen LogP contribution is -2.44. The van der Waals surface area contributed by atoms with Gasteiger partial charge in [0.1, 0.15) is 5.82 Å². The molecule has 3 rings (SSSR count). The molecule has 0 aliphatic rings. The Balaban J connectivity index is 1.54. The monoisotopic (exact) mass is 385 g/mol. The van der Waals surface area contributed by atoms with Crippen LogP contribution in [0.3, 0.4) is 0 Å². The van der Waals surface area contributed by atoms with E-state index in [0.717, 1.165) is 12.0 Å². The fraction of sp³-hybridized carbons (Fsp3) is 0.286. The van der Waals surface area contributed by atoms with Gasteiger partial charge in [0.15, 0.2) is 0 Å². The number of hydrogen-bond acceptors (Lipinski definition) is 3. The van der Waals surface area contributed by atoms with Gasteiger partial charge in [0.25, 0.3) is 0 Å². The summed E-state index contributed by atoms with van der Waals surface area (Å²) in [6.07, 6.45) is 0.862. The molecule has 3 aromatic rings. The maximum Gasteiger partial charge on any atom is 0.315 e. The van der Waals surface area contributed by atoms with E-state index in [4.69, 9.17) is 0 Å². The lowest BCUT2D eigenvalue weighted by molar-refractivity contribution is 0.231. The highest BCUT2D eigenvalue weighted by Crippen LogP contribution is 2.27. The van der Waals surface area contributed by atoms with Gasteiger partial charge >= 0.3 is 6.03 Å². The van der Waals surface area contributed by atoms with Gasteiger partial charge in [-0.15, -0.1) is 11.3 Å². The highest BCUT2D eigenvalue weighted by atomic mass is 32.1. The Morgan fingerprint density at radius 2 is 1.96 bits per heavy atom. The first kappa shape index (κ1) is 19.3. The molecule has 1 atom stereocenters. The lowest BCUT2D eigenvalue weighted by atomic mass is 10.0. The Bertz CT molecular complexity index is 909. The van der Waals surface area contributed by atoms with Crippen molar-refractivity contribution < 1.29 is 9.18 Å². The number of likely N-dealkylation sites (N-methyl/N-ethyl adjacent to an activating group) is 1. The summed E-state index contributed by atoms with van der Waals surface area (Å²) in [6.45, 7) is 0.831. The van der Waals surface area contributed by atoms with E-state index < -0.39 is 0 Å². The number of carbonyl (C=O) groups excluding carboxylic acids is 1. The number of rotatable bonds is 7. The summed E-state index contributed by atoms with van der Waals surface area (Å²) in [5.74, 6) is -0.301. The van der Waals surface area contributed by atoms with Crippen LogP contribution in [0.4, 0.5) is 9.18 Å². The van der Waals surface area contributed by atoms with Crippen molar-refractivity contribution in [1.29, 1.82) is 0 Å². The van der Waals surface area contributed by atoms with Gasteiger partial charge in [-0.2, -0.15) is 0 Å². The van der Waals surface area contributed by atoms with Crippen molar-refractivity contribution in [3.05, 3.63) is 70.9 Å². The van der Waals surface area contributed by atoms with Gasteiger partial charge in [-0.3, -0.25) is 0 Å². The number of nitrogens with zero attached hydrogens (tertiary/aromatic N) is 1. The molecule has 27 heavy (non-hydrogen) atoms. The molecule has 0 unspecified atom stereocenters. The first-order chi connectivity index (χ1) is 13.0. The molecule has 0 radical (unpaired) electrons. The van der Waals surface area contributed by atoms with Gasteiger partial charge < -0.3 is 15.5 Å². The number of halogens is 1. The standard InChI is InChI=1S/C21H24FN3OS/c1-25(2)18(11-16-14-27-20-9-4-3-8-19(16)20)13-24-21(26)23-12-15-6-5-7-17(22)10-15/h3-10,14,18H,11-13H2,1-2H3,(H2,23,24,26)/t18-/m0/s1. The van der Waals surface area contributed by atoms with Crippen LogP contribution in [0.2, 0.25) is 0 Å². The van der Waals surface area contributed by atoms with Crippen molar-refractivity contribution in [3.63, 3.8) is 0 Å². The predicted octanol–water partition coefficient (Wildman–Crippen LogP) is 4.01. The Kier molecular flexibility index (Phi) is 6.42. The van der Waals surface area contributed by atoms with Gasteiger partial charge in [-0.25, -0.2) is 9.18 Å². The third-order valence-corrected chi connectivity index (χ3v) is 5.60. The maximum atomic E-state index is 13.2. The molecular weight excluding hydrogens is 361 g/mol. The molecule has 0 bridgehead atoms. The SMILES string of the molecule is CN(C)[C@H](CNC(=O)NCc1cccc(F)c1)Cc1csc2ccccc12. The van der Waals surface area contributed by atoms with E-state index in [1.807, 2.05) is 14.1 Å². The highest BCUT2D eigenvalue weighted by Gasteiger charge is 2.16. The molecule has 4 nitrogen and oxygen atoms in total. The lowest BCUT2D eigenvalue weighted by Gasteiger charge is -2.24. The van der Waals surface area contributed by atoms with Crippen molar-refractivity contribution in [2.24, 2.45) is 0 Å². The van der Waals surface area contributed by atoms with E-state index in [1.54, 1.807) is 23.5 Å². The van der Waals surface area contributed by atoms with Crippen molar-refractivity contribution in [3.8, 4) is 0 Å². The predicted molar refractivity (Wildman–Crippen MR) is 110 cm³/mol. The molecule has 2 aromatic carbocycles. The molecular formula is C21H24FN3OS. The molecule has 0 saturated heterocycles. The summed E-state index contributed by atoms with van der Waals surface area (Å²) in [5.41, 5.74) is 2.04. The molecule has 0 saturated carbocycles. The van der Waals surface area contributed by atoms with E-state index in [2.05, 4.69) is 45.2 Å². The van der Waals surface area contributed by atoms with Crippen molar-refractivity contribution in [2.75, 3.05) is 20.6 Å². The minimum atomic E-state index is -0.301. The summed E-state index contributed by atoms with van der Waals surface area (Å²) in [4.78, 5) is 14.2. The van der Waals surface area contributed by atoms with Gasteiger partial charge in [-0.05, 0) is 60.6 Å². The van der Waals surface area contributed by atoms with Gasteiger partial charge in [0, 0.05) is 23.8 Å². The first-order valence-electron chi connectivity index (χ1n) is 8.90. The first-order valence-corrected chi connectivity index (χ1v) is 9.78. The van der Waals surface area contributed by atoms with Crippen LogP contribution in [0.15, 0.2) is 53.9 Å². The molecule has 2 amide bonds. The third kappa shape index (κ3) is 5.28. The van der Waals surface area contributed by atoms with Crippen molar-refractivity contribution in [1.82, 2.24) is 15.5 Å². The average molecular weight is 386 g/mol. The highest BCUT2D eigenvalue weighted by molar-refractivity contribution is 7.17. The van der Waals surface area contributed by atoms with Gasteiger partial charge in [0.2, 0.25) is 0 Å². The molecule has 6 heteroatoms. The zero-order valence-electron chi connectivity index (χ0n) is 15.5. The molecule has 0 spiro atoms. The summed E-state index contributed by atoms with van der Waals surface area (Å²) in [5, 5.41) is 9.19. The van der Waals surface area contributed by atoms with Crippen molar-refractivity contribution >= 4 is 27.5 Å². The second kappa shape index (κ2) is 8.97. The van der Waals surface area contributed by atoms with Gasteiger partial charge in [0.05, 0.1) is 0 Å². The van der Waals surface area contributed by atoms with Crippen molar-refractivity contribution in [2.45, 2.75) is 19.0 Å². The number of nitrogens with one attached hydrogen (secondary N) is 2. The summed E-state index contributed by atoms with van der Waals surface area (Å²) in [6, 6.07) is 14.6. The zero-order chi connectivity index (χ0) is 19.2. The van der Waals surface area contributed by atoms with Crippen LogP contribution in [0.5, 0.6) is 0 Å². The van der Waals surface area contributed by atoms with Crippen LogP contribution >= 0.6 is 11.3 Å².